The number of nitrogens with zero attached hydrogens (tertiary/aromatic N) is 1. The molecule has 0 aliphatic heterocycles. The maximum absolute atomic E-state index is 12.1. The molecule has 2 N–H and O–H groups in total. The average molecular weight is 404 g/mol. The fourth-order valence-corrected chi connectivity index (χ4v) is 3.37. The summed E-state index contributed by atoms with van der Waals surface area (Å²) in [6, 6.07) is 8.61. The van der Waals surface area contributed by atoms with Crippen LogP contribution in [0.25, 0.3) is 0 Å². The van der Waals surface area contributed by atoms with Crippen LogP contribution in [0.1, 0.15) is 25.3 Å². The third-order valence-electron chi connectivity index (χ3n) is 3.91. The van der Waals surface area contributed by atoms with Crippen molar-refractivity contribution in [2.24, 2.45) is 5.73 Å². The fraction of sp³-hybridized carbons (Fsp3) is 0.500. The molecular weight excluding hydrogens is 381 g/mol. The van der Waals surface area contributed by atoms with Crippen molar-refractivity contribution in [1.29, 1.82) is 0 Å². The molecule has 27 heavy (non-hydrogen) atoms. The predicted octanol–water partition coefficient (Wildman–Crippen LogP) is 2.58. The second-order valence-corrected chi connectivity index (χ2v) is 7.09. The van der Waals surface area contributed by atoms with Crippen molar-refractivity contribution in [3.05, 3.63) is 35.9 Å². The summed E-state index contributed by atoms with van der Waals surface area (Å²) in [6.45, 7) is 1.66. The van der Waals surface area contributed by atoms with Crippen LogP contribution < -0.4 is 5.73 Å². The largest absolute Gasteiger partial charge is 0.450 e. The highest BCUT2D eigenvalue weighted by Gasteiger charge is 2.37. The average Bonchev–Trinajstić information content (AvgIpc) is 2.59. The number of amides is 2. The Hall–Kier alpha value is -2.03. The second-order valence-electron chi connectivity index (χ2n) is 5.98. The van der Waals surface area contributed by atoms with Gasteiger partial charge in [0.05, 0.1) is 5.75 Å². The van der Waals surface area contributed by atoms with Crippen LogP contribution in [0.4, 0.5) is 13.2 Å². The summed E-state index contributed by atoms with van der Waals surface area (Å²) in [6.07, 6.45) is -3.68. The lowest BCUT2D eigenvalue weighted by molar-refractivity contribution is -0.167. The summed E-state index contributed by atoms with van der Waals surface area (Å²) in [7, 11) is 0. The summed E-state index contributed by atoms with van der Waals surface area (Å²) in [5.41, 5.74) is 6.43. The third kappa shape index (κ3) is 8.47. The third-order valence-corrected chi connectivity index (χ3v) is 4.95. The van der Waals surface area contributed by atoms with E-state index in [1.165, 1.54) is 11.8 Å². The Morgan fingerprint density at radius 2 is 1.81 bits per heavy atom. The topological polar surface area (TPSA) is 80.5 Å². The van der Waals surface area contributed by atoms with Crippen molar-refractivity contribution >= 4 is 29.4 Å². The standard InChI is InChI=1S/C18H23F3N2O3S/c1-13(24)23(10-9-14-6-3-2-4-7-14)15(17(22)26)8-5-11-27-12-16(25)18(19,20)21/h2-4,6-7,15H,5,8-12H2,1H3,(H2,22,26)/t15-/m0/s1. The highest BCUT2D eigenvalue weighted by Crippen LogP contribution is 2.20. The molecular formula is C18H23F3N2O3S. The van der Waals surface area contributed by atoms with E-state index in [-0.39, 0.29) is 18.1 Å². The smallest absolute Gasteiger partial charge is 0.368 e. The number of hydrogen-bond acceptors (Lipinski definition) is 4. The van der Waals surface area contributed by atoms with Crippen LogP contribution in [-0.4, -0.2) is 52.8 Å². The highest BCUT2D eigenvalue weighted by atomic mass is 32.2. The van der Waals surface area contributed by atoms with Crippen LogP contribution in [0.5, 0.6) is 0 Å². The van der Waals surface area contributed by atoms with Crippen molar-refractivity contribution in [3.8, 4) is 0 Å². The summed E-state index contributed by atoms with van der Waals surface area (Å²) in [5, 5.41) is 0. The number of nitrogens with two attached hydrogens (primary N) is 1. The van der Waals surface area contributed by atoms with Gasteiger partial charge in [0.25, 0.3) is 0 Å². The number of carbonyl (C=O) groups is 3. The molecule has 9 heteroatoms. The van der Waals surface area contributed by atoms with E-state index in [9.17, 15) is 27.6 Å². The maximum atomic E-state index is 12.1. The van der Waals surface area contributed by atoms with Gasteiger partial charge in [-0.2, -0.15) is 24.9 Å². The van der Waals surface area contributed by atoms with E-state index < -0.39 is 29.7 Å². The van der Waals surface area contributed by atoms with Crippen molar-refractivity contribution in [2.75, 3.05) is 18.1 Å². The molecule has 0 fully saturated rings. The predicted molar refractivity (Wildman–Crippen MR) is 98.1 cm³/mol. The Bertz CT molecular complexity index is 638. The molecule has 0 unspecified atom stereocenters. The summed E-state index contributed by atoms with van der Waals surface area (Å²) in [4.78, 5) is 35.9. The molecule has 0 saturated heterocycles. The molecule has 1 rings (SSSR count). The second kappa shape index (κ2) is 11.0. The molecule has 1 aromatic carbocycles. The van der Waals surface area contributed by atoms with E-state index in [0.717, 1.165) is 17.3 Å². The van der Waals surface area contributed by atoms with E-state index >= 15 is 0 Å². The summed E-state index contributed by atoms with van der Waals surface area (Å²) >= 11 is 0.847. The van der Waals surface area contributed by atoms with Crippen molar-refractivity contribution in [2.45, 2.75) is 38.4 Å². The first kappa shape index (κ1) is 23.0. The molecule has 2 amide bonds. The molecule has 0 aromatic heterocycles. The van der Waals surface area contributed by atoms with Crippen molar-refractivity contribution in [3.63, 3.8) is 0 Å². The molecule has 0 saturated carbocycles. The van der Waals surface area contributed by atoms with Gasteiger partial charge in [-0.1, -0.05) is 30.3 Å². The number of hydrogen-bond donors (Lipinski definition) is 1. The van der Waals surface area contributed by atoms with Gasteiger partial charge < -0.3 is 10.6 Å². The molecule has 150 valence electrons. The SMILES string of the molecule is CC(=O)N(CCc1ccccc1)[C@@H](CCCSCC(=O)C(F)(F)F)C(N)=O. The summed E-state index contributed by atoms with van der Waals surface area (Å²) < 4.78 is 36.4. The fourth-order valence-electron chi connectivity index (χ4n) is 2.50. The van der Waals surface area contributed by atoms with Gasteiger partial charge >= 0.3 is 6.18 Å². The monoisotopic (exact) mass is 404 g/mol. The number of ketones is 1. The Morgan fingerprint density at radius 1 is 1.19 bits per heavy atom. The molecule has 0 aliphatic carbocycles. The zero-order chi connectivity index (χ0) is 20.4. The maximum Gasteiger partial charge on any atom is 0.450 e. The molecule has 0 bridgehead atoms. The molecule has 0 radical (unpaired) electrons. The number of thioether (sulfide) groups is 1. The van der Waals surface area contributed by atoms with E-state index in [4.69, 9.17) is 5.73 Å². The lowest BCUT2D eigenvalue weighted by Gasteiger charge is -2.29. The number of alkyl halides is 3. The Labute approximate surface area is 160 Å². The first-order valence-corrected chi connectivity index (χ1v) is 9.56. The summed E-state index contributed by atoms with van der Waals surface area (Å²) in [5.74, 6) is -3.14. The van der Waals surface area contributed by atoms with Gasteiger partial charge in [0.15, 0.2) is 0 Å². The molecule has 0 spiro atoms. The Kier molecular flexibility index (Phi) is 9.34. The molecule has 0 heterocycles. The lowest BCUT2D eigenvalue weighted by atomic mass is 10.1. The van der Waals surface area contributed by atoms with Gasteiger partial charge in [-0.25, -0.2) is 0 Å². The number of Topliss-reactive ketones (excluding diaryl/α,β-unsaturated/α-hetero) is 1. The zero-order valence-corrected chi connectivity index (χ0v) is 15.8. The van der Waals surface area contributed by atoms with Gasteiger partial charge in [0.1, 0.15) is 6.04 Å². The quantitative estimate of drug-likeness (QED) is 0.575. The van der Waals surface area contributed by atoms with Crippen LogP contribution in [0.15, 0.2) is 30.3 Å². The van der Waals surface area contributed by atoms with Crippen LogP contribution in [0, 0.1) is 0 Å². The van der Waals surface area contributed by atoms with Crippen molar-refractivity contribution in [1.82, 2.24) is 4.90 Å². The molecule has 0 aliphatic rings. The van der Waals surface area contributed by atoms with Crippen LogP contribution >= 0.6 is 11.8 Å². The first-order chi connectivity index (χ1) is 12.6. The molecule has 1 aromatic rings. The van der Waals surface area contributed by atoms with Crippen LogP contribution in [0.3, 0.4) is 0 Å². The number of benzene rings is 1. The van der Waals surface area contributed by atoms with Gasteiger partial charge in [-0.3, -0.25) is 14.4 Å². The molecule has 1 atom stereocenters. The van der Waals surface area contributed by atoms with Gasteiger partial charge in [0, 0.05) is 13.5 Å². The van der Waals surface area contributed by atoms with Crippen molar-refractivity contribution < 1.29 is 27.6 Å². The number of carbonyl (C=O) groups excluding carboxylic acids is 3. The minimum Gasteiger partial charge on any atom is -0.368 e. The first-order valence-electron chi connectivity index (χ1n) is 8.41. The lowest BCUT2D eigenvalue weighted by Crippen LogP contribution is -2.48. The minimum atomic E-state index is -4.83. The number of halogens is 3. The number of primary amides is 1. The van der Waals surface area contributed by atoms with E-state index in [2.05, 4.69) is 0 Å². The highest BCUT2D eigenvalue weighted by molar-refractivity contribution is 7.99. The van der Waals surface area contributed by atoms with E-state index in [1.807, 2.05) is 30.3 Å². The normalized spacial score (nSPS) is 12.4. The zero-order valence-electron chi connectivity index (χ0n) is 15.0. The Balaban J connectivity index is 2.54. The molecule has 5 nitrogen and oxygen atoms in total. The van der Waals surface area contributed by atoms with Gasteiger partial charge in [-0.05, 0) is 30.6 Å². The van der Waals surface area contributed by atoms with E-state index in [0.29, 0.717) is 19.4 Å². The van der Waals surface area contributed by atoms with Crippen LogP contribution in [0.2, 0.25) is 0 Å². The van der Waals surface area contributed by atoms with E-state index in [1.54, 1.807) is 0 Å². The van der Waals surface area contributed by atoms with Gasteiger partial charge in [-0.15, -0.1) is 0 Å². The van der Waals surface area contributed by atoms with Crippen LogP contribution in [-0.2, 0) is 20.8 Å². The Morgan fingerprint density at radius 3 is 2.33 bits per heavy atom. The number of rotatable bonds is 11. The minimum absolute atomic E-state index is 0.233. The van der Waals surface area contributed by atoms with Gasteiger partial charge in [0.2, 0.25) is 17.6 Å².